The van der Waals surface area contributed by atoms with Gasteiger partial charge < -0.3 is 20.0 Å². The van der Waals surface area contributed by atoms with E-state index >= 15 is 0 Å². The molecule has 0 aliphatic carbocycles. The Balaban J connectivity index is 1.36. The maximum Gasteiger partial charge on any atom is 0.409 e. The van der Waals surface area contributed by atoms with Crippen LogP contribution in [0.3, 0.4) is 0 Å². The van der Waals surface area contributed by atoms with E-state index in [2.05, 4.69) is 20.5 Å². The summed E-state index contributed by atoms with van der Waals surface area (Å²) < 4.78 is 8.22. The largest absolute Gasteiger partial charge is 0.410 e. The van der Waals surface area contributed by atoms with Gasteiger partial charge in [0.25, 0.3) is 5.56 Å². The molecule has 0 radical (unpaired) electrons. The number of fused-ring (bicyclic) bond motifs is 1. The maximum absolute atomic E-state index is 13.5. The number of benzene rings is 2. The van der Waals surface area contributed by atoms with Gasteiger partial charge in [-0.1, -0.05) is 23.2 Å². The van der Waals surface area contributed by atoms with Gasteiger partial charge in [0.05, 0.1) is 11.7 Å². The average molecular weight is 563 g/mol. The summed E-state index contributed by atoms with van der Waals surface area (Å²) >= 11 is 12.9. The van der Waals surface area contributed by atoms with Crippen LogP contribution >= 0.6 is 23.2 Å². The summed E-state index contributed by atoms with van der Waals surface area (Å²) in [7, 11) is 0. The van der Waals surface area contributed by atoms with Crippen molar-refractivity contribution in [3.05, 3.63) is 92.5 Å². The predicted octanol–water partition coefficient (Wildman–Crippen LogP) is 4.49. The number of hydrogen-bond acceptors (Lipinski definition) is 7. The van der Waals surface area contributed by atoms with Gasteiger partial charge in [0.1, 0.15) is 28.7 Å². The molecule has 0 saturated heterocycles. The number of halogens is 2. The number of amides is 1. The molecule has 1 amide bonds. The van der Waals surface area contributed by atoms with Gasteiger partial charge in [-0.2, -0.15) is 4.68 Å². The third-order valence-electron chi connectivity index (χ3n) is 6.66. The van der Waals surface area contributed by atoms with Crippen molar-refractivity contribution in [3.8, 4) is 33.8 Å². The van der Waals surface area contributed by atoms with E-state index in [4.69, 9.17) is 38.7 Å². The zero-order valence-electron chi connectivity index (χ0n) is 20.4. The standard InChI is InChI=1S/C26H20Cl2N8O3/c1-13-8-17(39-26(29)38)4-5-18(13)23-24(28)32-25(31-23)21-7-3-16-9-14(10-22(37)36(16)21)19-11-15(27)2-6-20(19)35-12-30-33-34-35/h2,4-6,8-12,21H,3,7H2,1H3,(H2,29,38)(H,31,32). The molecule has 3 N–H and O–H groups in total. The number of hydrogen-bond donors (Lipinski definition) is 2. The fraction of sp³-hybridized carbons (Fsp3) is 0.154. The van der Waals surface area contributed by atoms with Crippen molar-refractivity contribution < 1.29 is 9.53 Å². The van der Waals surface area contributed by atoms with Crippen molar-refractivity contribution in [1.82, 2.24) is 34.7 Å². The number of aromatic amines is 1. The smallest absolute Gasteiger partial charge is 0.409 e. The van der Waals surface area contributed by atoms with E-state index in [0.29, 0.717) is 51.5 Å². The molecule has 11 nitrogen and oxygen atoms in total. The van der Waals surface area contributed by atoms with Gasteiger partial charge in [-0.15, -0.1) is 5.10 Å². The van der Waals surface area contributed by atoms with Crippen LogP contribution in [0.1, 0.15) is 29.5 Å². The number of ether oxygens (including phenoxy) is 1. The Morgan fingerprint density at radius 3 is 2.72 bits per heavy atom. The van der Waals surface area contributed by atoms with Gasteiger partial charge in [0.15, 0.2) is 0 Å². The lowest BCUT2D eigenvalue weighted by atomic mass is 10.0. The van der Waals surface area contributed by atoms with Crippen LogP contribution in [0.25, 0.3) is 28.1 Å². The van der Waals surface area contributed by atoms with E-state index in [1.165, 1.54) is 11.0 Å². The molecule has 1 aliphatic rings. The monoisotopic (exact) mass is 562 g/mol. The highest BCUT2D eigenvalue weighted by Gasteiger charge is 2.29. The van der Waals surface area contributed by atoms with Crippen LogP contribution in [0.5, 0.6) is 5.75 Å². The van der Waals surface area contributed by atoms with Crippen LogP contribution in [0, 0.1) is 6.92 Å². The number of carbonyl (C=O) groups excluding carboxylic acids is 1. The third kappa shape index (κ3) is 4.55. The second-order valence-corrected chi connectivity index (χ2v) is 9.91. The molecule has 4 heterocycles. The SMILES string of the molecule is Cc1cc(OC(N)=O)ccc1-c1nc(C2CCc3cc(-c4cc(Cl)ccc4-n4cnnn4)cc(=O)n32)[nH]c1Cl. The maximum atomic E-state index is 13.5. The zero-order chi connectivity index (χ0) is 27.3. The lowest BCUT2D eigenvalue weighted by Crippen LogP contribution is -2.24. The number of imidazole rings is 1. The minimum atomic E-state index is -0.891. The van der Waals surface area contributed by atoms with E-state index < -0.39 is 6.09 Å². The average Bonchev–Trinajstić information content (AvgIpc) is 3.64. The van der Waals surface area contributed by atoms with Crippen LogP contribution < -0.4 is 16.0 Å². The second kappa shape index (κ2) is 9.68. The molecule has 6 rings (SSSR count). The number of primary amides is 1. The van der Waals surface area contributed by atoms with E-state index in [1.54, 1.807) is 41.0 Å². The molecular formula is C26H20Cl2N8O3. The number of H-pyrrole nitrogens is 1. The molecule has 1 aliphatic heterocycles. The molecule has 0 saturated carbocycles. The lowest BCUT2D eigenvalue weighted by Gasteiger charge is -2.15. The Morgan fingerprint density at radius 2 is 1.97 bits per heavy atom. The summed E-state index contributed by atoms with van der Waals surface area (Å²) in [6, 6.07) is 13.6. The topological polar surface area (TPSA) is 147 Å². The molecule has 1 unspecified atom stereocenters. The number of nitrogens with two attached hydrogens (primary N) is 1. The molecule has 5 aromatic rings. The molecule has 0 fully saturated rings. The number of nitrogens with zero attached hydrogens (tertiary/aromatic N) is 6. The van der Waals surface area contributed by atoms with Gasteiger partial charge in [-0.05, 0) is 83.8 Å². The van der Waals surface area contributed by atoms with Gasteiger partial charge in [0, 0.05) is 27.9 Å². The molecule has 39 heavy (non-hydrogen) atoms. The normalized spacial score (nSPS) is 14.4. The molecule has 2 aromatic carbocycles. The molecule has 1 atom stereocenters. The van der Waals surface area contributed by atoms with Gasteiger partial charge in [0.2, 0.25) is 0 Å². The Bertz CT molecular complexity index is 1800. The summed E-state index contributed by atoms with van der Waals surface area (Å²) in [5.74, 6) is 0.906. The van der Waals surface area contributed by atoms with E-state index in [1.807, 2.05) is 19.1 Å². The van der Waals surface area contributed by atoms with E-state index in [-0.39, 0.29) is 11.6 Å². The number of aromatic nitrogens is 7. The zero-order valence-corrected chi connectivity index (χ0v) is 21.9. The minimum absolute atomic E-state index is 0.175. The first kappa shape index (κ1) is 24.8. The minimum Gasteiger partial charge on any atom is -0.410 e. The summed E-state index contributed by atoms with van der Waals surface area (Å²) in [6.45, 7) is 1.85. The highest BCUT2D eigenvalue weighted by molar-refractivity contribution is 6.32. The fourth-order valence-electron chi connectivity index (χ4n) is 5.01. The van der Waals surface area contributed by atoms with Crippen LogP contribution in [0.15, 0.2) is 59.7 Å². The second-order valence-electron chi connectivity index (χ2n) is 9.10. The molecule has 0 spiro atoms. The molecule has 196 valence electrons. The fourth-order valence-corrected chi connectivity index (χ4v) is 5.42. The van der Waals surface area contributed by atoms with E-state index in [9.17, 15) is 9.59 Å². The summed E-state index contributed by atoms with van der Waals surface area (Å²) in [4.78, 5) is 32.5. The summed E-state index contributed by atoms with van der Waals surface area (Å²) in [6.07, 6.45) is 1.93. The first-order chi connectivity index (χ1) is 18.8. The number of aryl methyl sites for hydroxylation is 2. The molecule has 13 heteroatoms. The van der Waals surface area contributed by atoms with Gasteiger partial charge >= 0.3 is 6.09 Å². The number of carbonyl (C=O) groups is 1. The third-order valence-corrected chi connectivity index (χ3v) is 7.17. The van der Waals surface area contributed by atoms with Crippen molar-refractivity contribution >= 4 is 29.3 Å². The number of pyridine rings is 1. The van der Waals surface area contributed by atoms with Crippen LogP contribution in [0.2, 0.25) is 10.2 Å². The number of rotatable bonds is 5. The Hall–Kier alpha value is -4.48. The predicted molar refractivity (Wildman–Crippen MR) is 144 cm³/mol. The van der Waals surface area contributed by atoms with E-state index in [0.717, 1.165) is 22.4 Å². The summed E-state index contributed by atoms with van der Waals surface area (Å²) in [5.41, 5.74) is 10.0. The van der Waals surface area contributed by atoms with Crippen molar-refractivity contribution in [2.24, 2.45) is 5.73 Å². The molecule has 0 bridgehead atoms. The van der Waals surface area contributed by atoms with Crippen LogP contribution in [-0.2, 0) is 6.42 Å². The highest BCUT2D eigenvalue weighted by Crippen LogP contribution is 2.37. The van der Waals surface area contributed by atoms with Crippen molar-refractivity contribution in [2.75, 3.05) is 0 Å². The van der Waals surface area contributed by atoms with Gasteiger partial charge in [-0.25, -0.2) is 9.78 Å². The van der Waals surface area contributed by atoms with Crippen LogP contribution in [0.4, 0.5) is 4.79 Å². The Morgan fingerprint density at radius 1 is 1.13 bits per heavy atom. The first-order valence-corrected chi connectivity index (χ1v) is 12.7. The Labute approximate surface area is 231 Å². The summed E-state index contributed by atoms with van der Waals surface area (Å²) in [5, 5.41) is 12.3. The van der Waals surface area contributed by atoms with Crippen molar-refractivity contribution in [2.45, 2.75) is 25.8 Å². The molecule has 3 aromatic heterocycles. The number of tetrazole rings is 1. The van der Waals surface area contributed by atoms with Crippen molar-refractivity contribution in [1.29, 1.82) is 0 Å². The first-order valence-electron chi connectivity index (χ1n) is 11.9. The molecular weight excluding hydrogens is 543 g/mol. The highest BCUT2D eigenvalue weighted by atomic mass is 35.5. The van der Waals surface area contributed by atoms with Gasteiger partial charge in [-0.3, -0.25) is 4.79 Å². The van der Waals surface area contributed by atoms with Crippen molar-refractivity contribution in [3.63, 3.8) is 0 Å². The van der Waals surface area contributed by atoms with Crippen LogP contribution in [-0.4, -0.2) is 40.8 Å². The quantitative estimate of drug-likeness (QED) is 0.320. The number of nitrogens with one attached hydrogen (secondary N) is 1. The Kier molecular flexibility index (Phi) is 6.16. The lowest BCUT2D eigenvalue weighted by molar-refractivity contribution is 0.211.